The maximum Gasteiger partial charge on any atom is 0.269 e. The van der Waals surface area contributed by atoms with Crippen molar-refractivity contribution in [2.45, 2.75) is 24.4 Å². The lowest BCUT2D eigenvalue weighted by atomic mass is 10.00. The molecule has 1 aliphatic rings. The molecular formula is C18H22N4O2S. The molecule has 2 aromatic rings. The molecule has 0 bridgehead atoms. The Morgan fingerprint density at radius 2 is 2.08 bits per heavy atom. The van der Waals surface area contributed by atoms with Crippen LogP contribution in [0.15, 0.2) is 40.2 Å². The molecule has 1 aliphatic heterocycles. The lowest BCUT2D eigenvalue weighted by Crippen LogP contribution is -2.40. The molecule has 7 heteroatoms. The van der Waals surface area contributed by atoms with E-state index in [4.69, 9.17) is 0 Å². The van der Waals surface area contributed by atoms with E-state index in [1.165, 1.54) is 26.8 Å². The van der Waals surface area contributed by atoms with E-state index in [1.54, 1.807) is 22.9 Å². The van der Waals surface area contributed by atoms with Gasteiger partial charge in [0.15, 0.2) is 0 Å². The minimum absolute atomic E-state index is 0.0230. The number of rotatable bonds is 4. The van der Waals surface area contributed by atoms with Gasteiger partial charge in [0.25, 0.3) is 5.56 Å². The number of amides is 1. The number of aromatic nitrogens is 2. The van der Waals surface area contributed by atoms with Gasteiger partial charge in [-0.15, -0.1) is 11.8 Å². The summed E-state index contributed by atoms with van der Waals surface area (Å²) in [5, 5.41) is 4.11. The lowest BCUT2D eigenvalue weighted by Gasteiger charge is -2.29. The summed E-state index contributed by atoms with van der Waals surface area (Å²) in [7, 11) is 3.69. The number of fused-ring (bicyclic) bond motifs is 1. The first-order valence-corrected chi connectivity index (χ1v) is 9.38. The molecular weight excluding hydrogens is 336 g/mol. The van der Waals surface area contributed by atoms with Crippen molar-refractivity contribution < 1.29 is 4.79 Å². The molecule has 132 valence electrons. The molecule has 6 nitrogen and oxygen atoms in total. The Hall–Kier alpha value is -2.28. The van der Waals surface area contributed by atoms with Crippen LogP contribution in [-0.4, -0.2) is 47.5 Å². The summed E-state index contributed by atoms with van der Waals surface area (Å²) in [5.41, 5.74) is 2.95. The highest BCUT2D eigenvalue weighted by Gasteiger charge is 2.21. The summed E-state index contributed by atoms with van der Waals surface area (Å²) >= 11 is 1.72. The fourth-order valence-corrected chi connectivity index (χ4v) is 3.35. The normalized spacial score (nSPS) is 13.5. The maximum absolute atomic E-state index is 12.6. The average Bonchev–Trinajstić information content (AvgIpc) is 2.62. The Balaban J connectivity index is 1.71. The van der Waals surface area contributed by atoms with E-state index in [1.807, 2.05) is 19.0 Å². The first-order valence-electron chi connectivity index (χ1n) is 8.16. The van der Waals surface area contributed by atoms with Crippen LogP contribution in [0.3, 0.4) is 0 Å². The van der Waals surface area contributed by atoms with Gasteiger partial charge in [0.2, 0.25) is 5.91 Å². The largest absolute Gasteiger partial charge is 0.376 e. The van der Waals surface area contributed by atoms with Gasteiger partial charge in [0.05, 0.1) is 11.9 Å². The Bertz CT molecular complexity index is 847. The fraction of sp³-hybridized carbons (Fsp3) is 0.389. The predicted molar refractivity (Wildman–Crippen MR) is 100 cm³/mol. The van der Waals surface area contributed by atoms with Crippen molar-refractivity contribution in [3.05, 3.63) is 51.9 Å². The molecule has 0 aliphatic carbocycles. The minimum Gasteiger partial charge on any atom is -0.376 e. The number of anilines is 1. The highest BCUT2D eigenvalue weighted by atomic mass is 32.2. The van der Waals surface area contributed by atoms with Gasteiger partial charge >= 0.3 is 0 Å². The number of hydrogen-bond acceptors (Lipinski definition) is 5. The Labute approximate surface area is 151 Å². The zero-order valence-electron chi connectivity index (χ0n) is 14.7. The maximum atomic E-state index is 12.6. The van der Waals surface area contributed by atoms with Gasteiger partial charge in [-0.05, 0) is 35.9 Å². The van der Waals surface area contributed by atoms with Crippen molar-refractivity contribution in [2.24, 2.45) is 0 Å². The molecule has 0 spiro atoms. The highest BCUT2D eigenvalue weighted by molar-refractivity contribution is 7.98. The highest BCUT2D eigenvalue weighted by Crippen LogP contribution is 2.24. The van der Waals surface area contributed by atoms with E-state index >= 15 is 0 Å². The third-order valence-corrected chi connectivity index (χ3v) is 5.16. The van der Waals surface area contributed by atoms with Gasteiger partial charge in [0, 0.05) is 38.1 Å². The van der Waals surface area contributed by atoms with Crippen LogP contribution in [0.1, 0.15) is 11.1 Å². The topological polar surface area (TPSA) is 58.4 Å². The van der Waals surface area contributed by atoms with E-state index in [9.17, 15) is 9.59 Å². The molecule has 2 heterocycles. The SMILES string of the molecule is CSc1ccc2c(c1)CCN(C(=O)Cn1ncc(N(C)C)cc1=O)C2. The zero-order chi connectivity index (χ0) is 18.0. The van der Waals surface area contributed by atoms with Crippen LogP contribution in [0, 0.1) is 0 Å². The third-order valence-electron chi connectivity index (χ3n) is 4.43. The molecule has 1 aromatic carbocycles. The van der Waals surface area contributed by atoms with Crippen LogP contribution in [0.4, 0.5) is 5.69 Å². The average molecular weight is 358 g/mol. The second-order valence-electron chi connectivity index (χ2n) is 6.30. The summed E-state index contributed by atoms with van der Waals surface area (Å²) in [6.07, 6.45) is 4.51. The van der Waals surface area contributed by atoms with Crippen molar-refractivity contribution in [2.75, 3.05) is 31.8 Å². The van der Waals surface area contributed by atoms with Crippen molar-refractivity contribution in [1.82, 2.24) is 14.7 Å². The number of thioether (sulfide) groups is 1. The summed E-state index contributed by atoms with van der Waals surface area (Å²) in [4.78, 5) is 29.6. The third kappa shape index (κ3) is 3.87. The fourth-order valence-electron chi connectivity index (χ4n) is 2.88. The van der Waals surface area contributed by atoms with Crippen LogP contribution >= 0.6 is 11.8 Å². The molecule has 0 saturated carbocycles. The van der Waals surface area contributed by atoms with E-state index in [0.717, 1.165) is 12.1 Å². The van der Waals surface area contributed by atoms with E-state index in [-0.39, 0.29) is 18.0 Å². The number of carbonyl (C=O) groups is 1. The van der Waals surface area contributed by atoms with Crippen molar-refractivity contribution in [3.63, 3.8) is 0 Å². The molecule has 0 radical (unpaired) electrons. The van der Waals surface area contributed by atoms with Crippen molar-refractivity contribution in [3.8, 4) is 0 Å². The van der Waals surface area contributed by atoms with Gasteiger partial charge in [-0.2, -0.15) is 5.10 Å². The lowest BCUT2D eigenvalue weighted by molar-refractivity contribution is -0.133. The molecule has 0 unspecified atom stereocenters. The molecule has 25 heavy (non-hydrogen) atoms. The van der Waals surface area contributed by atoms with Gasteiger partial charge in [-0.3, -0.25) is 9.59 Å². The summed E-state index contributed by atoms with van der Waals surface area (Å²) in [6, 6.07) is 7.88. The molecule has 0 saturated heterocycles. The number of nitrogens with zero attached hydrogens (tertiary/aromatic N) is 4. The van der Waals surface area contributed by atoms with E-state index in [0.29, 0.717) is 13.1 Å². The number of benzene rings is 1. The Morgan fingerprint density at radius 1 is 1.28 bits per heavy atom. The molecule has 0 fully saturated rings. The van der Waals surface area contributed by atoms with E-state index in [2.05, 4.69) is 29.6 Å². The Kier molecular flexibility index (Phi) is 5.13. The predicted octanol–water partition coefficient (Wildman–Crippen LogP) is 1.62. The zero-order valence-corrected chi connectivity index (χ0v) is 15.5. The first kappa shape index (κ1) is 17.5. The second kappa shape index (κ2) is 7.31. The molecule has 1 aromatic heterocycles. The second-order valence-corrected chi connectivity index (χ2v) is 7.18. The van der Waals surface area contributed by atoms with Crippen LogP contribution in [-0.2, 0) is 24.3 Å². The number of hydrogen-bond donors (Lipinski definition) is 0. The van der Waals surface area contributed by atoms with Crippen LogP contribution in [0.5, 0.6) is 0 Å². The van der Waals surface area contributed by atoms with Crippen LogP contribution < -0.4 is 10.5 Å². The quantitative estimate of drug-likeness (QED) is 0.778. The standard InChI is InChI=1S/C18H22N4O2S/c1-20(2)15-9-17(23)22(19-10-15)12-18(24)21-7-6-13-8-16(25-3)5-4-14(13)11-21/h4-5,8-10H,6-7,11-12H2,1-3H3. The van der Waals surface area contributed by atoms with Gasteiger partial charge < -0.3 is 9.80 Å². The smallest absolute Gasteiger partial charge is 0.269 e. The molecule has 1 amide bonds. The first-order chi connectivity index (χ1) is 12.0. The van der Waals surface area contributed by atoms with Gasteiger partial charge in [0.1, 0.15) is 6.54 Å². The summed E-state index contributed by atoms with van der Waals surface area (Å²) in [6.45, 7) is 1.24. The molecule has 0 atom stereocenters. The van der Waals surface area contributed by atoms with Crippen LogP contribution in [0.25, 0.3) is 0 Å². The Morgan fingerprint density at radius 3 is 2.76 bits per heavy atom. The van der Waals surface area contributed by atoms with Crippen molar-refractivity contribution in [1.29, 1.82) is 0 Å². The van der Waals surface area contributed by atoms with Gasteiger partial charge in [-0.25, -0.2) is 4.68 Å². The van der Waals surface area contributed by atoms with E-state index < -0.39 is 0 Å². The molecule has 3 rings (SSSR count). The summed E-state index contributed by atoms with van der Waals surface area (Å²) < 4.78 is 1.22. The van der Waals surface area contributed by atoms with Crippen LogP contribution in [0.2, 0.25) is 0 Å². The minimum atomic E-state index is -0.262. The summed E-state index contributed by atoms with van der Waals surface area (Å²) in [5.74, 6) is -0.0770. The van der Waals surface area contributed by atoms with Gasteiger partial charge in [-0.1, -0.05) is 6.07 Å². The monoisotopic (exact) mass is 358 g/mol. The molecule has 0 N–H and O–H groups in total. The number of carbonyl (C=O) groups excluding carboxylic acids is 1. The van der Waals surface area contributed by atoms with Crippen molar-refractivity contribution >= 4 is 23.4 Å².